The molecule has 3 N–H and O–H groups in total. The van der Waals surface area contributed by atoms with Gasteiger partial charge in [0.15, 0.2) is 10.8 Å². The quantitative estimate of drug-likeness (QED) is 0.538. The van der Waals surface area contributed by atoms with Crippen LogP contribution in [0.3, 0.4) is 0 Å². The molecule has 4 rings (SSSR count). The number of anilines is 1. The maximum absolute atomic E-state index is 12.3. The highest BCUT2D eigenvalue weighted by molar-refractivity contribution is 7.13. The van der Waals surface area contributed by atoms with E-state index in [0.29, 0.717) is 33.2 Å². The number of nitrogens with one attached hydrogen (secondary N) is 3. The lowest BCUT2D eigenvalue weighted by Crippen LogP contribution is -2.12. The van der Waals surface area contributed by atoms with Gasteiger partial charge in [0.05, 0.1) is 17.3 Å². The second-order valence-electron chi connectivity index (χ2n) is 4.81. The number of aromatic amines is 2. The van der Waals surface area contributed by atoms with Crippen molar-refractivity contribution in [1.29, 1.82) is 0 Å². The molecule has 0 radical (unpaired) electrons. The fraction of sp³-hybridized carbons (Fsp3) is 0. The van der Waals surface area contributed by atoms with Crippen LogP contribution in [0.1, 0.15) is 10.5 Å². The number of fused-ring (bicyclic) bond motifs is 1. The predicted octanol–water partition coefficient (Wildman–Crippen LogP) is 2.83. The molecule has 0 aliphatic heterocycles. The van der Waals surface area contributed by atoms with E-state index < -0.39 is 0 Å². The summed E-state index contributed by atoms with van der Waals surface area (Å²) in [5.41, 5.74) is 1.91. The molecule has 0 aliphatic carbocycles. The molecule has 0 unspecified atom stereocenters. The van der Waals surface area contributed by atoms with E-state index in [1.807, 2.05) is 0 Å². The van der Waals surface area contributed by atoms with Crippen LogP contribution >= 0.6 is 11.3 Å². The van der Waals surface area contributed by atoms with Gasteiger partial charge in [-0.05, 0) is 30.3 Å². The molecule has 1 aromatic carbocycles. The number of amides is 1. The Hall–Kier alpha value is -3.13. The standard InChI is InChI=1S/C15H10N4O3S/c20-13(11-7-23-14(17-11)12-2-1-5-22-12)16-8-3-4-9-10(6-8)19-15(21)18-9/h1-7H,(H,16,20)(H2,18,19,21). The Balaban J connectivity index is 1.57. The molecule has 0 spiro atoms. The van der Waals surface area contributed by atoms with Crippen LogP contribution in [0.5, 0.6) is 0 Å². The summed E-state index contributed by atoms with van der Waals surface area (Å²) in [5, 5.41) is 5.07. The van der Waals surface area contributed by atoms with Crippen molar-refractivity contribution in [1.82, 2.24) is 15.0 Å². The van der Waals surface area contributed by atoms with Crippen molar-refractivity contribution < 1.29 is 9.21 Å². The van der Waals surface area contributed by atoms with E-state index in [2.05, 4.69) is 20.3 Å². The van der Waals surface area contributed by atoms with Gasteiger partial charge in [-0.3, -0.25) is 4.79 Å². The summed E-state index contributed by atoms with van der Waals surface area (Å²) in [6.45, 7) is 0. The molecule has 3 aromatic heterocycles. The number of rotatable bonds is 3. The molecule has 1 amide bonds. The number of carbonyl (C=O) groups is 1. The number of benzene rings is 1. The number of H-pyrrole nitrogens is 2. The first-order valence-corrected chi connectivity index (χ1v) is 7.60. The molecule has 0 atom stereocenters. The van der Waals surface area contributed by atoms with E-state index in [9.17, 15) is 9.59 Å². The number of furan rings is 1. The summed E-state index contributed by atoms with van der Waals surface area (Å²) in [7, 11) is 0. The Morgan fingerprint density at radius 1 is 1.22 bits per heavy atom. The monoisotopic (exact) mass is 326 g/mol. The van der Waals surface area contributed by atoms with E-state index in [4.69, 9.17) is 4.42 Å². The van der Waals surface area contributed by atoms with Gasteiger partial charge in [-0.25, -0.2) is 9.78 Å². The first-order valence-electron chi connectivity index (χ1n) is 6.72. The number of thiazole rings is 1. The Bertz CT molecular complexity index is 1040. The van der Waals surface area contributed by atoms with Gasteiger partial charge in [0, 0.05) is 11.1 Å². The first-order chi connectivity index (χ1) is 11.2. The normalized spacial score (nSPS) is 11.0. The first kappa shape index (κ1) is 13.5. The fourth-order valence-electron chi connectivity index (χ4n) is 2.20. The molecule has 114 valence electrons. The van der Waals surface area contributed by atoms with Crippen LogP contribution in [0.25, 0.3) is 21.8 Å². The maximum Gasteiger partial charge on any atom is 0.323 e. The Kier molecular flexibility index (Phi) is 3.09. The van der Waals surface area contributed by atoms with Crippen molar-refractivity contribution >= 4 is 34.0 Å². The summed E-state index contributed by atoms with van der Waals surface area (Å²) < 4.78 is 5.26. The number of imidazole rings is 1. The number of nitrogens with zero attached hydrogens (tertiary/aromatic N) is 1. The minimum atomic E-state index is -0.323. The average Bonchev–Trinajstić information content (AvgIpc) is 3.26. The van der Waals surface area contributed by atoms with Gasteiger partial charge in [-0.2, -0.15) is 0 Å². The fourth-order valence-corrected chi connectivity index (χ4v) is 2.96. The summed E-state index contributed by atoms with van der Waals surface area (Å²) in [6.07, 6.45) is 1.56. The van der Waals surface area contributed by atoms with Crippen LogP contribution in [-0.2, 0) is 0 Å². The summed E-state index contributed by atoms with van der Waals surface area (Å²) in [4.78, 5) is 33.1. The van der Waals surface area contributed by atoms with Gasteiger partial charge >= 0.3 is 5.69 Å². The maximum atomic E-state index is 12.3. The Labute approximate surface area is 133 Å². The molecular weight excluding hydrogens is 316 g/mol. The van der Waals surface area contributed by atoms with Gasteiger partial charge in [-0.15, -0.1) is 11.3 Å². The molecule has 0 aliphatic rings. The molecule has 0 saturated heterocycles. The Morgan fingerprint density at radius 3 is 2.91 bits per heavy atom. The molecular formula is C15H10N4O3S. The third-order valence-corrected chi connectivity index (χ3v) is 4.10. The van der Waals surface area contributed by atoms with Crippen LogP contribution < -0.4 is 11.0 Å². The van der Waals surface area contributed by atoms with Gasteiger partial charge in [0.1, 0.15) is 5.69 Å². The molecule has 4 aromatic rings. The SMILES string of the molecule is O=C(Nc1ccc2[nH]c(=O)[nH]c2c1)c1csc(-c2ccco2)n1. The van der Waals surface area contributed by atoms with Crippen molar-refractivity contribution in [3.05, 3.63) is 58.2 Å². The topological polar surface area (TPSA) is 104 Å². The third kappa shape index (κ3) is 2.55. The molecule has 7 nitrogen and oxygen atoms in total. The molecule has 0 fully saturated rings. The second kappa shape index (κ2) is 5.25. The van der Waals surface area contributed by atoms with E-state index >= 15 is 0 Å². The molecule has 0 saturated carbocycles. The summed E-state index contributed by atoms with van der Waals surface area (Å²) in [5.74, 6) is 0.302. The van der Waals surface area contributed by atoms with Crippen molar-refractivity contribution in [3.63, 3.8) is 0 Å². The van der Waals surface area contributed by atoms with Crippen molar-refractivity contribution in [2.75, 3.05) is 5.32 Å². The largest absolute Gasteiger partial charge is 0.462 e. The highest BCUT2D eigenvalue weighted by Gasteiger charge is 2.13. The number of hydrogen-bond acceptors (Lipinski definition) is 5. The second-order valence-corrected chi connectivity index (χ2v) is 5.67. The molecule has 0 bridgehead atoms. The van der Waals surface area contributed by atoms with Crippen molar-refractivity contribution in [2.45, 2.75) is 0 Å². The van der Waals surface area contributed by atoms with E-state index in [0.717, 1.165) is 0 Å². The van der Waals surface area contributed by atoms with Crippen molar-refractivity contribution in [3.8, 4) is 10.8 Å². The zero-order valence-electron chi connectivity index (χ0n) is 11.6. The molecule has 23 heavy (non-hydrogen) atoms. The van der Waals surface area contributed by atoms with Crippen LogP contribution in [0, 0.1) is 0 Å². The van der Waals surface area contributed by atoms with Crippen molar-refractivity contribution in [2.24, 2.45) is 0 Å². The third-order valence-electron chi connectivity index (χ3n) is 3.24. The zero-order chi connectivity index (χ0) is 15.8. The minimum absolute atomic E-state index is 0.286. The predicted molar refractivity (Wildman–Crippen MR) is 86.7 cm³/mol. The van der Waals surface area contributed by atoms with Crippen LogP contribution in [0.2, 0.25) is 0 Å². The van der Waals surface area contributed by atoms with E-state index in [-0.39, 0.29) is 11.6 Å². The van der Waals surface area contributed by atoms with Gasteiger partial charge in [-0.1, -0.05) is 0 Å². The number of aromatic nitrogens is 3. The minimum Gasteiger partial charge on any atom is -0.462 e. The van der Waals surface area contributed by atoms with Crippen LogP contribution in [-0.4, -0.2) is 20.9 Å². The highest BCUT2D eigenvalue weighted by Crippen LogP contribution is 2.24. The van der Waals surface area contributed by atoms with Crippen LogP contribution in [0.4, 0.5) is 5.69 Å². The number of hydrogen-bond donors (Lipinski definition) is 3. The van der Waals surface area contributed by atoms with Gasteiger partial charge < -0.3 is 19.7 Å². The highest BCUT2D eigenvalue weighted by atomic mass is 32.1. The molecule has 3 heterocycles. The van der Waals surface area contributed by atoms with Crippen LogP contribution in [0.15, 0.2) is 51.2 Å². The average molecular weight is 326 g/mol. The smallest absolute Gasteiger partial charge is 0.323 e. The van der Waals surface area contributed by atoms with E-state index in [1.165, 1.54) is 11.3 Å². The lowest BCUT2D eigenvalue weighted by atomic mass is 10.2. The summed E-state index contributed by atoms with van der Waals surface area (Å²) >= 11 is 1.33. The van der Waals surface area contributed by atoms with Gasteiger partial charge in [0.25, 0.3) is 5.91 Å². The summed E-state index contributed by atoms with van der Waals surface area (Å²) in [6, 6.07) is 8.67. The lowest BCUT2D eigenvalue weighted by Gasteiger charge is -2.02. The zero-order valence-corrected chi connectivity index (χ0v) is 12.4. The lowest BCUT2D eigenvalue weighted by molar-refractivity contribution is 0.102. The molecule has 8 heteroatoms. The van der Waals surface area contributed by atoms with Gasteiger partial charge in [0.2, 0.25) is 0 Å². The Morgan fingerprint density at radius 2 is 2.09 bits per heavy atom. The number of carbonyl (C=O) groups excluding carboxylic acids is 1. The van der Waals surface area contributed by atoms with E-state index in [1.54, 1.807) is 42.0 Å².